The number of nitrogen functional groups attached to an aromatic ring is 1. The Kier molecular flexibility index (Phi) is 3.97. The topological polar surface area (TPSA) is 77.0 Å². The second kappa shape index (κ2) is 6.64. The lowest BCUT2D eigenvalue weighted by Crippen LogP contribution is -2.27. The van der Waals surface area contributed by atoms with Crippen LogP contribution >= 0.6 is 0 Å². The molecule has 0 radical (unpaired) electrons. The maximum absolute atomic E-state index is 12.7. The Labute approximate surface area is 162 Å². The molecule has 28 heavy (non-hydrogen) atoms. The molecule has 4 aromatic rings. The molecule has 1 aliphatic heterocycles. The number of carbonyl (C=O) groups excluding carboxylic acids is 1. The van der Waals surface area contributed by atoms with Crippen molar-refractivity contribution in [1.29, 1.82) is 0 Å². The summed E-state index contributed by atoms with van der Waals surface area (Å²) in [5.74, 6) is 0.555. The molecule has 3 heterocycles. The monoisotopic (exact) mass is 371 g/mol. The molecule has 1 fully saturated rings. The maximum Gasteiger partial charge on any atom is 0.253 e. The van der Waals surface area contributed by atoms with E-state index >= 15 is 0 Å². The fourth-order valence-electron chi connectivity index (χ4n) is 4.03. The van der Waals surface area contributed by atoms with Gasteiger partial charge in [-0.25, -0.2) is 9.97 Å². The molecule has 140 valence electrons. The number of nitrogens with zero attached hydrogens (tertiary/aromatic N) is 4. The van der Waals surface area contributed by atoms with Crippen molar-refractivity contribution in [3.05, 3.63) is 66.0 Å². The van der Waals surface area contributed by atoms with Crippen LogP contribution in [0.25, 0.3) is 21.9 Å². The van der Waals surface area contributed by atoms with Crippen LogP contribution < -0.4 is 5.73 Å². The van der Waals surface area contributed by atoms with Crippen molar-refractivity contribution < 1.29 is 4.79 Å². The molecule has 0 saturated carbocycles. The lowest BCUT2D eigenvalue weighted by molar-refractivity contribution is 0.0792. The minimum Gasteiger partial charge on any atom is -0.382 e. The fraction of sp³-hybridized carbons (Fsp3) is 0.227. The van der Waals surface area contributed by atoms with Crippen molar-refractivity contribution in [2.45, 2.75) is 19.4 Å². The number of hydrogen-bond donors (Lipinski definition) is 1. The summed E-state index contributed by atoms with van der Waals surface area (Å²) in [6.07, 6.45) is 3.98. The van der Waals surface area contributed by atoms with Crippen molar-refractivity contribution in [2.75, 3.05) is 18.8 Å². The van der Waals surface area contributed by atoms with Gasteiger partial charge in [0, 0.05) is 30.6 Å². The van der Waals surface area contributed by atoms with E-state index in [1.807, 2.05) is 53.4 Å². The molecule has 2 aromatic carbocycles. The number of benzene rings is 2. The SMILES string of the molecule is Nc1nc2ccccc2c2c1ncn2Cc1cccc(C(=O)N2CCCC2)c1. The Morgan fingerprint density at radius 3 is 2.75 bits per heavy atom. The van der Waals surface area contributed by atoms with Crippen molar-refractivity contribution in [3.8, 4) is 0 Å². The zero-order valence-corrected chi connectivity index (χ0v) is 15.5. The lowest BCUT2D eigenvalue weighted by atomic mass is 10.1. The summed E-state index contributed by atoms with van der Waals surface area (Å²) < 4.78 is 2.08. The zero-order chi connectivity index (χ0) is 19.1. The molecule has 1 saturated heterocycles. The smallest absolute Gasteiger partial charge is 0.253 e. The fourth-order valence-corrected chi connectivity index (χ4v) is 4.03. The van der Waals surface area contributed by atoms with Gasteiger partial charge in [0.15, 0.2) is 5.82 Å². The zero-order valence-electron chi connectivity index (χ0n) is 15.5. The highest BCUT2D eigenvalue weighted by Crippen LogP contribution is 2.27. The number of rotatable bonds is 3. The van der Waals surface area contributed by atoms with Crippen LogP contribution in [0.15, 0.2) is 54.9 Å². The molecule has 6 nitrogen and oxygen atoms in total. The predicted molar refractivity (Wildman–Crippen MR) is 110 cm³/mol. The molecule has 0 bridgehead atoms. The number of carbonyl (C=O) groups is 1. The lowest BCUT2D eigenvalue weighted by Gasteiger charge is -2.16. The van der Waals surface area contributed by atoms with Gasteiger partial charge in [-0.15, -0.1) is 0 Å². The van der Waals surface area contributed by atoms with E-state index in [9.17, 15) is 4.79 Å². The van der Waals surface area contributed by atoms with Crippen molar-refractivity contribution >= 4 is 33.7 Å². The number of aromatic nitrogens is 3. The number of hydrogen-bond acceptors (Lipinski definition) is 4. The van der Waals surface area contributed by atoms with Gasteiger partial charge in [0.1, 0.15) is 5.52 Å². The quantitative estimate of drug-likeness (QED) is 0.598. The van der Waals surface area contributed by atoms with Gasteiger partial charge in [0.2, 0.25) is 0 Å². The molecule has 0 aliphatic carbocycles. The first-order chi connectivity index (χ1) is 13.7. The molecule has 2 N–H and O–H groups in total. The van der Waals surface area contributed by atoms with Gasteiger partial charge in [-0.2, -0.15) is 0 Å². The molecular weight excluding hydrogens is 350 g/mol. The van der Waals surface area contributed by atoms with Gasteiger partial charge in [0.25, 0.3) is 5.91 Å². The predicted octanol–water partition coefficient (Wildman–Crippen LogP) is 3.45. The van der Waals surface area contributed by atoms with Crippen LogP contribution in [0, 0.1) is 0 Å². The van der Waals surface area contributed by atoms with Gasteiger partial charge in [0.05, 0.1) is 17.4 Å². The van der Waals surface area contributed by atoms with Crippen molar-refractivity contribution in [3.63, 3.8) is 0 Å². The Hall–Kier alpha value is -3.41. The van der Waals surface area contributed by atoms with Crippen molar-refractivity contribution in [2.24, 2.45) is 0 Å². The third-order valence-electron chi connectivity index (χ3n) is 5.40. The minimum atomic E-state index is 0.119. The van der Waals surface area contributed by atoms with Gasteiger partial charge >= 0.3 is 0 Å². The Morgan fingerprint density at radius 1 is 1.07 bits per heavy atom. The third-order valence-corrected chi connectivity index (χ3v) is 5.40. The first-order valence-corrected chi connectivity index (χ1v) is 9.58. The third kappa shape index (κ3) is 2.78. The number of imidazole rings is 1. The highest BCUT2D eigenvalue weighted by molar-refractivity contribution is 6.06. The molecule has 6 heteroatoms. The first-order valence-electron chi connectivity index (χ1n) is 9.58. The van der Waals surface area contributed by atoms with E-state index < -0.39 is 0 Å². The summed E-state index contributed by atoms with van der Waals surface area (Å²) in [4.78, 5) is 23.6. The standard InChI is InChI=1S/C22H21N5O/c23-21-19-20(17-8-1-2-9-18(17)25-21)27(14-24-19)13-15-6-5-7-16(12-15)22(28)26-10-3-4-11-26/h1-2,5-9,12,14H,3-4,10-11,13H2,(H2,23,25). The van der Waals surface area contributed by atoms with Gasteiger partial charge in [-0.1, -0.05) is 30.3 Å². The van der Waals surface area contributed by atoms with E-state index in [0.717, 1.165) is 53.5 Å². The summed E-state index contributed by atoms with van der Waals surface area (Å²) in [7, 11) is 0. The van der Waals surface area contributed by atoms with E-state index in [4.69, 9.17) is 5.73 Å². The number of likely N-dealkylation sites (tertiary alicyclic amines) is 1. The number of fused-ring (bicyclic) bond motifs is 3. The summed E-state index contributed by atoms with van der Waals surface area (Å²) in [6, 6.07) is 15.8. The Bertz CT molecular complexity index is 1190. The molecule has 5 rings (SSSR count). The molecule has 0 atom stereocenters. The van der Waals surface area contributed by atoms with E-state index in [0.29, 0.717) is 17.9 Å². The van der Waals surface area contributed by atoms with Gasteiger partial charge < -0.3 is 15.2 Å². The molecule has 1 amide bonds. The van der Waals surface area contributed by atoms with E-state index in [1.54, 1.807) is 6.33 Å². The summed E-state index contributed by atoms with van der Waals surface area (Å²) >= 11 is 0. The van der Waals surface area contributed by atoms with E-state index in [1.165, 1.54) is 0 Å². The van der Waals surface area contributed by atoms with E-state index in [2.05, 4.69) is 14.5 Å². The molecule has 0 spiro atoms. The second-order valence-electron chi connectivity index (χ2n) is 7.28. The van der Waals surface area contributed by atoms with Crippen LogP contribution in [0.1, 0.15) is 28.8 Å². The first kappa shape index (κ1) is 16.7. The van der Waals surface area contributed by atoms with E-state index in [-0.39, 0.29) is 5.91 Å². The highest BCUT2D eigenvalue weighted by Gasteiger charge is 2.19. The second-order valence-corrected chi connectivity index (χ2v) is 7.28. The average Bonchev–Trinajstić information content (AvgIpc) is 3.39. The van der Waals surface area contributed by atoms with Crippen LogP contribution in [0.2, 0.25) is 0 Å². The van der Waals surface area contributed by atoms with Crippen LogP contribution in [0.4, 0.5) is 5.82 Å². The summed E-state index contributed by atoms with van der Waals surface area (Å²) in [5.41, 5.74) is 10.5. The number of nitrogens with two attached hydrogens (primary N) is 1. The average molecular weight is 371 g/mol. The molecule has 1 aliphatic rings. The Morgan fingerprint density at radius 2 is 1.89 bits per heavy atom. The van der Waals surface area contributed by atoms with Crippen LogP contribution in [-0.2, 0) is 6.54 Å². The number of amides is 1. The highest BCUT2D eigenvalue weighted by atomic mass is 16.2. The Balaban J connectivity index is 1.54. The van der Waals surface area contributed by atoms with Crippen LogP contribution in [0.3, 0.4) is 0 Å². The van der Waals surface area contributed by atoms with Crippen LogP contribution in [0.5, 0.6) is 0 Å². The van der Waals surface area contributed by atoms with Crippen molar-refractivity contribution in [1.82, 2.24) is 19.4 Å². The molecular formula is C22H21N5O. The van der Waals surface area contributed by atoms with Gasteiger partial charge in [-0.05, 0) is 36.6 Å². The largest absolute Gasteiger partial charge is 0.382 e. The normalized spacial score (nSPS) is 14.2. The number of para-hydroxylation sites is 1. The number of pyridine rings is 1. The summed E-state index contributed by atoms with van der Waals surface area (Å²) in [5, 5.41) is 1.02. The molecule has 2 aromatic heterocycles. The van der Waals surface area contributed by atoms with Gasteiger partial charge in [-0.3, -0.25) is 4.79 Å². The minimum absolute atomic E-state index is 0.119. The number of anilines is 1. The summed E-state index contributed by atoms with van der Waals surface area (Å²) in [6.45, 7) is 2.33. The maximum atomic E-state index is 12.7. The molecule has 0 unspecified atom stereocenters. The van der Waals surface area contributed by atoms with Crippen LogP contribution in [-0.4, -0.2) is 38.4 Å².